The van der Waals surface area contributed by atoms with Crippen LogP contribution in [0.3, 0.4) is 0 Å². The molecule has 0 spiro atoms. The van der Waals surface area contributed by atoms with Gasteiger partial charge < -0.3 is 4.74 Å². The topological polar surface area (TPSA) is 56.3 Å². The maximum atomic E-state index is 13.1. The fourth-order valence-corrected chi connectivity index (χ4v) is 2.65. The fourth-order valence-electron chi connectivity index (χ4n) is 2.40. The van der Waals surface area contributed by atoms with Crippen LogP contribution in [0.2, 0.25) is 5.15 Å². The number of hydrogen-bond donors (Lipinski definition) is 0. The zero-order chi connectivity index (χ0) is 17.5. The minimum atomic E-state index is -0.652. The third-order valence-corrected chi connectivity index (χ3v) is 3.87. The number of nitrogens with zero attached hydrogens (tertiary/aromatic N) is 1. The highest BCUT2D eigenvalue weighted by atomic mass is 35.5. The molecule has 0 radical (unpaired) electrons. The Morgan fingerprint density at radius 1 is 1.25 bits per heavy atom. The zero-order valence-electron chi connectivity index (χ0n) is 13.2. The molecule has 0 N–H and O–H groups in total. The summed E-state index contributed by atoms with van der Waals surface area (Å²) in [7, 11) is 0. The lowest BCUT2D eigenvalue weighted by Gasteiger charge is -2.17. The van der Waals surface area contributed by atoms with E-state index >= 15 is 0 Å². The Kier molecular flexibility index (Phi) is 6.44. The van der Waals surface area contributed by atoms with Crippen LogP contribution in [0.15, 0.2) is 42.6 Å². The summed E-state index contributed by atoms with van der Waals surface area (Å²) in [6, 6.07) is 8.66. The van der Waals surface area contributed by atoms with Crippen LogP contribution in [-0.4, -0.2) is 23.3 Å². The van der Waals surface area contributed by atoms with Gasteiger partial charge in [0, 0.05) is 23.7 Å². The van der Waals surface area contributed by atoms with Crippen molar-refractivity contribution in [1.29, 1.82) is 0 Å². The van der Waals surface area contributed by atoms with Gasteiger partial charge in [0.1, 0.15) is 11.0 Å². The van der Waals surface area contributed by atoms with Gasteiger partial charge in [-0.25, -0.2) is 9.37 Å². The number of ketones is 1. The quantitative estimate of drug-likeness (QED) is 0.427. The third-order valence-electron chi connectivity index (χ3n) is 3.55. The molecule has 2 aromatic rings. The molecule has 1 aromatic heterocycles. The van der Waals surface area contributed by atoms with E-state index in [2.05, 4.69) is 4.98 Å². The Hall–Kier alpha value is -2.27. The van der Waals surface area contributed by atoms with Crippen molar-refractivity contribution in [1.82, 2.24) is 4.98 Å². The maximum absolute atomic E-state index is 13.1. The fraction of sp³-hybridized carbons (Fsp3) is 0.278. The highest BCUT2D eigenvalue weighted by molar-refractivity contribution is 6.30. The smallest absolute Gasteiger partial charge is 0.305 e. The number of benzene rings is 1. The van der Waals surface area contributed by atoms with E-state index in [0.29, 0.717) is 11.1 Å². The van der Waals surface area contributed by atoms with E-state index < -0.39 is 11.7 Å². The summed E-state index contributed by atoms with van der Waals surface area (Å²) in [5, 5.41) is 0.210. The lowest BCUT2D eigenvalue weighted by molar-refractivity contribution is -0.143. The summed E-state index contributed by atoms with van der Waals surface area (Å²) in [5.41, 5.74) is 0.892. The van der Waals surface area contributed by atoms with Crippen LogP contribution in [0.1, 0.15) is 41.6 Å². The summed E-state index contributed by atoms with van der Waals surface area (Å²) in [4.78, 5) is 28.4. The van der Waals surface area contributed by atoms with E-state index in [9.17, 15) is 14.0 Å². The third kappa shape index (κ3) is 4.61. The van der Waals surface area contributed by atoms with Crippen LogP contribution in [0.25, 0.3) is 0 Å². The first kappa shape index (κ1) is 18.1. The van der Waals surface area contributed by atoms with Gasteiger partial charge in [0.15, 0.2) is 5.78 Å². The Bertz CT molecular complexity index is 718. The van der Waals surface area contributed by atoms with E-state index in [0.717, 1.165) is 0 Å². The molecule has 1 heterocycles. The van der Waals surface area contributed by atoms with Crippen LogP contribution in [-0.2, 0) is 9.53 Å². The van der Waals surface area contributed by atoms with E-state index in [4.69, 9.17) is 16.3 Å². The standard InChI is InChI=1S/C18H17ClFNO3/c1-2-24-16(22)10-9-14(15-4-3-11-21-18(15)19)17(23)12-5-7-13(20)8-6-12/h3-8,11,14H,2,9-10H2,1H3. The molecule has 0 fully saturated rings. The monoisotopic (exact) mass is 349 g/mol. The van der Waals surface area contributed by atoms with E-state index in [-0.39, 0.29) is 36.4 Å². The van der Waals surface area contributed by atoms with Crippen LogP contribution in [0.5, 0.6) is 0 Å². The second-order valence-corrected chi connectivity index (χ2v) is 5.51. The molecule has 4 nitrogen and oxygen atoms in total. The molecular formula is C18H17ClFNO3. The van der Waals surface area contributed by atoms with Crippen molar-refractivity contribution in [3.8, 4) is 0 Å². The predicted molar refractivity (Wildman–Crippen MR) is 88.6 cm³/mol. The molecular weight excluding hydrogens is 333 g/mol. The number of halogens is 2. The molecule has 24 heavy (non-hydrogen) atoms. The average Bonchev–Trinajstić information content (AvgIpc) is 2.57. The molecule has 0 saturated carbocycles. The van der Waals surface area contributed by atoms with Crippen LogP contribution in [0.4, 0.5) is 4.39 Å². The summed E-state index contributed by atoms with van der Waals surface area (Å²) < 4.78 is 18.0. The molecule has 0 aliphatic carbocycles. The zero-order valence-corrected chi connectivity index (χ0v) is 13.9. The highest BCUT2D eigenvalue weighted by Crippen LogP contribution is 2.30. The van der Waals surface area contributed by atoms with Gasteiger partial charge in [0.05, 0.1) is 12.5 Å². The molecule has 0 aliphatic rings. The first-order valence-electron chi connectivity index (χ1n) is 7.58. The van der Waals surface area contributed by atoms with Crippen LogP contribution in [0, 0.1) is 5.82 Å². The Morgan fingerprint density at radius 2 is 1.96 bits per heavy atom. The van der Waals surface area contributed by atoms with Gasteiger partial charge in [-0.05, 0) is 43.7 Å². The molecule has 2 rings (SSSR count). The highest BCUT2D eigenvalue weighted by Gasteiger charge is 2.25. The molecule has 0 aliphatic heterocycles. The number of aromatic nitrogens is 1. The first-order valence-corrected chi connectivity index (χ1v) is 7.96. The van der Waals surface area contributed by atoms with Crippen molar-refractivity contribution >= 4 is 23.4 Å². The number of carbonyl (C=O) groups is 2. The Labute approximate surface area is 144 Å². The van der Waals surface area contributed by atoms with Crippen LogP contribution >= 0.6 is 11.6 Å². The SMILES string of the molecule is CCOC(=O)CCC(C(=O)c1ccc(F)cc1)c1cccnc1Cl. The number of rotatable bonds is 7. The summed E-state index contributed by atoms with van der Waals surface area (Å²) in [6.07, 6.45) is 1.84. The molecule has 126 valence electrons. The Balaban J connectivity index is 2.28. The molecule has 6 heteroatoms. The maximum Gasteiger partial charge on any atom is 0.305 e. The molecule has 0 bridgehead atoms. The van der Waals surface area contributed by atoms with Crippen molar-refractivity contribution in [3.05, 3.63) is 64.7 Å². The summed E-state index contributed by atoms with van der Waals surface area (Å²) >= 11 is 6.11. The lowest BCUT2D eigenvalue weighted by Crippen LogP contribution is -2.16. The van der Waals surface area contributed by atoms with E-state index in [1.54, 1.807) is 19.1 Å². The lowest BCUT2D eigenvalue weighted by atomic mass is 9.88. The van der Waals surface area contributed by atoms with E-state index in [1.165, 1.54) is 30.5 Å². The van der Waals surface area contributed by atoms with Gasteiger partial charge in [-0.1, -0.05) is 17.7 Å². The molecule has 1 aromatic carbocycles. The molecule has 0 saturated heterocycles. The van der Waals surface area contributed by atoms with Crippen molar-refractivity contribution in [2.45, 2.75) is 25.7 Å². The van der Waals surface area contributed by atoms with Gasteiger partial charge in [-0.3, -0.25) is 9.59 Å². The van der Waals surface area contributed by atoms with Crippen molar-refractivity contribution in [3.63, 3.8) is 0 Å². The minimum Gasteiger partial charge on any atom is -0.466 e. The van der Waals surface area contributed by atoms with Gasteiger partial charge in [-0.15, -0.1) is 0 Å². The number of Topliss-reactive ketones (excluding diaryl/α,β-unsaturated/α-hetero) is 1. The van der Waals surface area contributed by atoms with E-state index in [1.807, 2.05) is 0 Å². The largest absolute Gasteiger partial charge is 0.466 e. The number of ether oxygens (including phenoxy) is 1. The second kappa shape index (κ2) is 8.55. The average molecular weight is 350 g/mol. The van der Waals surface area contributed by atoms with Crippen LogP contribution < -0.4 is 0 Å². The number of pyridine rings is 1. The normalized spacial score (nSPS) is 11.8. The van der Waals surface area contributed by atoms with Crippen molar-refractivity contribution in [2.24, 2.45) is 0 Å². The second-order valence-electron chi connectivity index (χ2n) is 5.15. The van der Waals surface area contributed by atoms with Gasteiger partial charge in [0.2, 0.25) is 0 Å². The van der Waals surface area contributed by atoms with Gasteiger partial charge >= 0.3 is 5.97 Å². The number of esters is 1. The van der Waals surface area contributed by atoms with Crippen molar-refractivity contribution in [2.75, 3.05) is 6.61 Å². The van der Waals surface area contributed by atoms with Crippen molar-refractivity contribution < 1.29 is 18.7 Å². The van der Waals surface area contributed by atoms with Gasteiger partial charge in [0.25, 0.3) is 0 Å². The summed E-state index contributed by atoms with van der Waals surface area (Å²) in [6.45, 7) is 2.00. The molecule has 0 amide bonds. The minimum absolute atomic E-state index is 0.0800. The molecule has 1 atom stereocenters. The predicted octanol–water partition coefficient (Wildman–Crippen LogP) is 4.18. The number of hydrogen-bond acceptors (Lipinski definition) is 4. The number of carbonyl (C=O) groups excluding carboxylic acids is 2. The summed E-state index contributed by atoms with van der Waals surface area (Å²) in [5.74, 6) is -1.70. The Morgan fingerprint density at radius 3 is 2.58 bits per heavy atom. The first-order chi connectivity index (χ1) is 11.5. The molecule has 1 unspecified atom stereocenters. The van der Waals surface area contributed by atoms with Gasteiger partial charge in [-0.2, -0.15) is 0 Å².